The minimum atomic E-state index is -6.06. The van der Waals surface area contributed by atoms with Gasteiger partial charge in [0.05, 0.1) is 6.61 Å². The average Bonchev–Trinajstić information content (AvgIpc) is 2.77. The van der Waals surface area contributed by atoms with Crippen molar-refractivity contribution in [3.05, 3.63) is 16.4 Å². The van der Waals surface area contributed by atoms with Crippen LogP contribution in [0.4, 0.5) is 26.3 Å². The van der Waals surface area contributed by atoms with Crippen molar-refractivity contribution in [3.8, 4) is 0 Å². The Kier molecular flexibility index (Phi) is 5.53. The van der Waals surface area contributed by atoms with E-state index in [2.05, 4.69) is 14.4 Å². The molecule has 0 aromatic carbocycles. The second-order valence-corrected chi connectivity index (χ2v) is 4.61. The van der Waals surface area contributed by atoms with Crippen LogP contribution in [0.5, 0.6) is 0 Å². The number of hydrogen-bond donors (Lipinski definition) is 2. The van der Waals surface area contributed by atoms with Gasteiger partial charge in [0.15, 0.2) is 10.7 Å². The maximum Gasteiger partial charge on any atom is 0.505 e. The smallest absolute Gasteiger partial charge is 0.505 e. The Labute approximate surface area is 135 Å². The number of nitrogens with zero attached hydrogens (tertiary/aromatic N) is 2. The van der Waals surface area contributed by atoms with E-state index in [1.54, 1.807) is 0 Å². The fourth-order valence-electron chi connectivity index (χ4n) is 1.84. The van der Waals surface area contributed by atoms with Crippen LogP contribution < -0.4 is 5.32 Å². The Morgan fingerprint density at radius 1 is 1.36 bits per heavy atom. The predicted molar refractivity (Wildman–Crippen MR) is 63.8 cm³/mol. The van der Waals surface area contributed by atoms with Gasteiger partial charge in [0, 0.05) is 6.42 Å². The summed E-state index contributed by atoms with van der Waals surface area (Å²) in [6.07, 6.45) is -13.4. The maximum atomic E-state index is 12.8. The molecule has 0 aromatic rings. The molecule has 14 heteroatoms. The molecule has 0 spiro atoms. The van der Waals surface area contributed by atoms with E-state index in [4.69, 9.17) is 5.39 Å². The van der Waals surface area contributed by atoms with Crippen LogP contribution in [-0.2, 0) is 19.1 Å². The molecule has 140 valence electrons. The van der Waals surface area contributed by atoms with E-state index >= 15 is 0 Å². The fraction of sp³-hybridized carbons (Fsp3) is 0.636. The number of carbonyl (C=O) groups is 2. The van der Waals surface area contributed by atoms with Gasteiger partial charge in [-0.05, 0) is 6.92 Å². The van der Waals surface area contributed by atoms with Gasteiger partial charge >= 0.3 is 35.7 Å². The number of carbonyl (C=O) groups excluding carboxylic acids is 2. The SMILES string of the molecule is CCOC(=O)/C([N+]#N)=C(\O)C[C@@H]1NC(C(F)(F)F)(C(F)(F)F)OC1=O. The molecule has 1 rings (SSSR count). The summed E-state index contributed by atoms with van der Waals surface area (Å²) in [5.74, 6) is -4.68. The highest BCUT2D eigenvalue weighted by Crippen LogP contribution is 2.47. The number of aliphatic hydroxyl groups excluding tert-OH is 1. The largest absolute Gasteiger partial charge is 0.505 e. The Hall–Kier alpha value is -2.56. The summed E-state index contributed by atoms with van der Waals surface area (Å²) in [6.45, 7) is 1.10. The summed E-state index contributed by atoms with van der Waals surface area (Å²) in [7, 11) is 0. The van der Waals surface area contributed by atoms with Crippen LogP contribution in [0.2, 0.25) is 0 Å². The molecule has 2 N–H and O–H groups in total. The minimum absolute atomic E-state index is 0.236. The van der Waals surface area contributed by atoms with Crippen molar-refractivity contribution in [2.75, 3.05) is 6.61 Å². The first-order valence-corrected chi connectivity index (χ1v) is 6.39. The summed E-state index contributed by atoms with van der Waals surface area (Å²) >= 11 is 0. The van der Waals surface area contributed by atoms with Crippen LogP contribution >= 0.6 is 0 Å². The first-order chi connectivity index (χ1) is 11.3. The molecule has 0 aliphatic carbocycles. The molecule has 1 aliphatic rings. The van der Waals surface area contributed by atoms with Crippen LogP contribution in [0.25, 0.3) is 4.98 Å². The van der Waals surface area contributed by atoms with Crippen molar-refractivity contribution in [1.82, 2.24) is 5.32 Å². The van der Waals surface area contributed by atoms with Crippen molar-refractivity contribution >= 4 is 11.9 Å². The molecule has 0 unspecified atom stereocenters. The summed E-state index contributed by atoms with van der Waals surface area (Å²) in [6, 6.07) is -2.32. The molecule has 0 radical (unpaired) electrons. The molecular weight excluding hydrogens is 368 g/mol. The zero-order valence-electron chi connectivity index (χ0n) is 12.2. The van der Waals surface area contributed by atoms with Gasteiger partial charge in [-0.15, -0.1) is 0 Å². The summed E-state index contributed by atoms with van der Waals surface area (Å²) in [5.41, 5.74) is -6.16. The van der Waals surface area contributed by atoms with Crippen LogP contribution in [-0.4, -0.2) is 47.8 Å². The third-order valence-electron chi connectivity index (χ3n) is 2.95. The third kappa shape index (κ3) is 3.76. The van der Waals surface area contributed by atoms with Gasteiger partial charge in [-0.1, -0.05) is 0 Å². The molecule has 1 heterocycles. The van der Waals surface area contributed by atoms with Gasteiger partial charge in [0.2, 0.25) is 5.39 Å². The van der Waals surface area contributed by atoms with E-state index in [0.29, 0.717) is 0 Å². The Morgan fingerprint density at radius 2 is 1.88 bits per heavy atom. The number of alkyl halides is 6. The molecule has 1 atom stereocenters. The molecule has 0 aromatic heterocycles. The number of hydrogen-bond acceptors (Lipinski definition) is 7. The van der Waals surface area contributed by atoms with Crippen molar-refractivity contribution in [1.29, 1.82) is 5.39 Å². The van der Waals surface area contributed by atoms with Crippen LogP contribution in [0, 0.1) is 5.39 Å². The van der Waals surface area contributed by atoms with Crippen molar-refractivity contribution in [2.24, 2.45) is 0 Å². The van der Waals surface area contributed by atoms with Crippen LogP contribution in [0.1, 0.15) is 13.3 Å². The van der Waals surface area contributed by atoms with Gasteiger partial charge in [-0.25, -0.2) is 4.79 Å². The molecule has 25 heavy (non-hydrogen) atoms. The van der Waals surface area contributed by atoms with E-state index in [1.807, 2.05) is 0 Å². The number of esters is 2. The molecule has 0 bridgehead atoms. The number of aliphatic hydroxyl groups is 1. The third-order valence-corrected chi connectivity index (χ3v) is 2.95. The zero-order valence-corrected chi connectivity index (χ0v) is 12.2. The number of rotatable bonds is 4. The van der Waals surface area contributed by atoms with Crippen molar-refractivity contribution in [2.45, 2.75) is 37.5 Å². The lowest BCUT2D eigenvalue weighted by Crippen LogP contribution is -2.65. The number of cyclic esters (lactones) is 1. The lowest BCUT2D eigenvalue weighted by molar-refractivity contribution is -0.369. The van der Waals surface area contributed by atoms with Gasteiger partial charge in [0.25, 0.3) is 0 Å². The van der Waals surface area contributed by atoms with Gasteiger partial charge in [-0.3, -0.25) is 10.1 Å². The Bertz CT molecular complexity index is 622. The first kappa shape index (κ1) is 20.5. The lowest BCUT2D eigenvalue weighted by Gasteiger charge is -2.31. The normalized spacial score (nSPS) is 21.2. The average molecular weight is 378 g/mol. The van der Waals surface area contributed by atoms with E-state index in [-0.39, 0.29) is 6.61 Å². The van der Waals surface area contributed by atoms with Crippen LogP contribution in [0.15, 0.2) is 11.5 Å². The van der Waals surface area contributed by atoms with Gasteiger partial charge < -0.3 is 14.6 Å². The number of ether oxygens (including phenoxy) is 2. The summed E-state index contributed by atoms with van der Waals surface area (Å²) in [4.78, 5) is 25.1. The van der Waals surface area contributed by atoms with Crippen molar-refractivity contribution < 1.29 is 50.5 Å². The number of halogens is 6. The summed E-state index contributed by atoms with van der Waals surface area (Å²) in [5, 5.41) is 19.1. The molecule has 1 saturated heterocycles. The molecule has 1 aliphatic heterocycles. The first-order valence-electron chi connectivity index (χ1n) is 6.39. The highest BCUT2D eigenvalue weighted by atomic mass is 19.4. The standard InChI is InChI=1S/C11H9F6N3O5/c1-2-24-8(23)6(20-18)5(21)3-4-7(22)25-9(19-4,10(12,13)14)11(15,16)17/h4,19H,2-3H2,1H3/p+1/t4-/m0/s1. The maximum absolute atomic E-state index is 12.8. The monoisotopic (exact) mass is 378 g/mol. The lowest BCUT2D eigenvalue weighted by atomic mass is 10.1. The number of nitrogens with one attached hydrogen (secondary N) is 1. The molecule has 1 fully saturated rings. The molecule has 0 saturated carbocycles. The van der Waals surface area contributed by atoms with E-state index in [9.17, 15) is 41.0 Å². The highest BCUT2D eigenvalue weighted by Gasteiger charge is 2.78. The second kappa shape index (κ2) is 6.75. The number of diazo groups is 1. The minimum Gasteiger partial charge on any atom is -0.505 e. The van der Waals surface area contributed by atoms with E-state index < -0.39 is 53.9 Å². The quantitative estimate of drug-likeness (QED) is 0.253. The predicted octanol–water partition coefficient (Wildman–Crippen LogP) is 1.90. The molecular formula is C11H10F6N3O5+. The van der Waals surface area contributed by atoms with Crippen molar-refractivity contribution in [3.63, 3.8) is 0 Å². The fourth-order valence-corrected chi connectivity index (χ4v) is 1.84. The second-order valence-electron chi connectivity index (χ2n) is 4.61. The molecule has 0 amide bonds. The Balaban J connectivity index is 3.16. The zero-order chi connectivity index (χ0) is 19.6. The Morgan fingerprint density at radius 3 is 2.24 bits per heavy atom. The molecule has 8 nitrogen and oxygen atoms in total. The van der Waals surface area contributed by atoms with Crippen LogP contribution in [0.3, 0.4) is 0 Å². The summed E-state index contributed by atoms with van der Waals surface area (Å²) < 4.78 is 84.5. The van der Waals surface area contributed by atoms with E-state index in [0.717, 1.165) is 5.32 Å². The van der Waals surface area contributed by atoms with Gasteiger partial charge in [0.1, 0.15) is 6.04 Å². The topological polar surface area (TPSA) is 113 Å². The highest BCUT2D eigenvalue weighted by molar-refractivity contribution is 5.91. The van der Waals surface area contributed by atoms with E-state index in [1.165, 1.54) is 6.92 Å². The van der Waals surface area contributed by atoms with Gasteiger partial charge in [-0.2, -0.15) is 26.3 Å².